The van der Waals surface area contributed by atoms with Crippen molar-refractivity contribution in [1.29, 1.82) is 0 Å². The molecule has 2 heterocycles. The van der Waals surface area contributed by atoms with Crippen molar-refractivity contribution in [3.63, 3.8) is 0 Å². The van der Waals surface area contributed by atoms with Crippen molar-refractivity contribution in [2.75, 3.05) is 17.6 Å². The number of nitrogens with zero attached hydrogens (tertiary/aromatic N) is 4. The normalized spacial score (nSPS) is 10.9. The molecule has 16 heavy (non-hydrogen) atoms. The summed E-state index contributed by atoms with van der Waals surface area (Å²) in [4.78, 5) is 8.25. The highest BCUT2D eigenvalue weighted by molar-refractivity contribution is 7.12. The molecule has 7 heteroatoms. The number of thiazole rings is 1. The maximum Gasteiger partial charge on any atom is 0.244 e. The van der Waals surface area contributed by atoms with E-state index in [9.17, 15) is 0 Å². The number of nitrogens with two attached hydrogens (primary N) is 1. The van der Waals surface area contributed by atoms with E-state index in [0.29, 0.717) is 17.8 Å². The third-order valence-corrected chi connectivity index (χ3v) is 2.65. The Balaban J connectivity index is 2.16. The van der Waals surface area contributed by atoms with Crippen molar-refractivity contribution in [1.82, 2.24) is 19.7 Å². The van der Waals surface area contributed by atoms with Crippen molar-refractivity contribution >= 4 is 23.2 Å². The SMILES string of the molecule is CC(C)CNc1nc(N)n(-c2nccs2)n1. The molecular weight excluding hydrogens is 224 g/mol. The molecule has 0 saturated heterocycles. The fourth-order valence-corrected chi connectivity index (χ4v) is 1.76. The van der Waals surface area contributed by atoms with E-state index >= 15 is 0 Å². The molecule has 0 spiro atoms. The van der Waals surface area contributed by atoms with Crippen LogP contribution in [0.4, 0.5) is 11.9 Å². The first kappa shape index (κ1) is 10.9. The lowest BCUT2D eigenvalue weighted by molar-refractivity contribution is 0.684. The summed E-state index contributed by atoms with van der Waals surface area (Å²) in [5.74, 6) is 1.43. The minimum atomic E-state index is 0.348. The van der Waals surface area contributed by atoms with E-state index in [0.717, 1.165) is 11.7 Å². The number of nitrogen functional groups attached to an aromatic ring is 1. The summed E-state index contributed by atoms with van der Waals surface area (Å²) in [5.41, 5.74) is 5.75. The molecule has 0 atom stereocenters. The first-order chi connectivity index (χ1) is 7.66. The van der Waals surface area contributed by atoms with Crippen LogP contribution in [0, 0.1) is 5.92 Å². The van der Waals surface area contributed by atoms with Crippen LogP contribution in [0.15, 0.2) is 11.6 Å². The predicted molar refractivity (Wildman–Crippen MR) is 64.8 cm³/mol. The van der Waals surface area contributed by atoms with Gasteiger partial charge in [0.2, 0.25) is 17.0 Å². The lowest BCUT2D eigenvalue weighted by Crippen LogP contribution is -2.09. The molecule has 0 aromatic carbocycles. The summed E-state index contributed by atoms with van der Waals surface area (Å²) < 4.78 is 1.54. The van der Waals surface area contributed by atoms with Crippen molar-refractivity contribution in [3.05, 3.63) is 11.6 Å². The second-order valence-electron chi connectivity index (χ2n) is 3.79. The van der Waals surface area contributed by atoms with Crippen molar-refractivity contribution < 1.29 is 0 Å². The summed E-state index contributed by atoms with van der Waals surface area (Å²) in [5, 5.41) is 9.96. The Kier molecular flexibility index (Phi) is 3.04. The van der Waals surface area contributed by atoms with Crippen LogP contribution >= 0.6 is 11.3 Å². The van der Waals surface area contributed by atoms with E-state index in [1.165, 1.54) is 16.0 Å². The van der Waals surface area contributed by atoms with E-state index in [1.54, 1.807) is 6.20 Å². The third-order valence-electron chi connectivity index (χ3n) is 1.90. The predicted octanol–water partition coefficient (Wildman–Crippen LogP) is 1.37. The van der Waals surface area contributed by atoms with Gasteiger partial charge in [-0.3, -0.25) is 0 Å². The molecule has 6 nitrogen and oxygen atoms in total. The van der Waals surface area contributed by atoms with Gasteiger partial charge in [0.15, 0.2) is 0 Å². The van der Waals surface area contributed by atoms with Crippen molar-refractivity contribution in [2.24, 2.45) is 5.92 Å². The fourth-order valence-electron chi connectivity index (χ4n) is 1.16. The molecule has 2 aromatic rings. The molecule has 0 aliphatic carbocycles. The van der Waals surface area contributed by atoms with Gasteiger partial charge in [-0.15, -0.1) is 16.4 Å². The molecule has 0 saturated carbocycles. The Hall–Kier alpha value is -1.63. The van der Waals surface area contributed by atoms with E-state index in [4.69, 9.17) is 5.73 Å². The van der Waals surface area contributed by atoms with Gasteiger partial charge in [0, 0.05) is 18.1 Å². The number of nitrogens with one attached hydrogen (secondary N) is 1. The maximum absolute atomic E-state index is 5.75. The second-order valence-corrected chi connectivity index (χ2v) is 4.67. The average Bonchev–Trinajstić information content (AvgIpc) is 2.83. The largest absolute Gasteiger partial charge is 0.368 e. The van der Waals surface area contributed by atoms with Gasteiger partial charge in [0.25, 0.3) is 0 Å². The van der Waals surface area contributed by atoms with Crippen LogP contribution in [0.2, 0.25) is 0 Å². The Morgan fingerprint density at radius 3 is 3.00 bits per heavy atom. The lowest BCUT2D eigenvalue weighted by atomic mass is 10.2. The summed E-state index contributed by atoms with van der Waals surface area (Å²) in [6.45, 7) is 5.06. The quantitative estimate of drug-likeness (QED) is 0.840. The van der Waals surface area contributed by atoms with Crippen molar-refractivity contribution in [2.45, 2.75) is 13.8 Å². The van der Waals surface area contributed by atoms with Crippen LogP contribution in [0.3, 0.4) is 0 Å². The summed E-state index contributed by atoms with van der Waals surface area (Å²) in [6.07, 6.45) is 1.71. The molecule has 0 aliphatic heterocycles. The standard InChI is InChI=1S/C9H14N6S/c1-6(2)5-12-8-13-7(10)15(14-8)9-11-3-4-16-9/h3-4,6H,5H2,1-2H3,(H3,10,12,13,14). The van der Waals surface area contributed by atoms with Gasteiger partial charge in [-0.2, -0.15) is 9.67 Å². The zero-order valence-electron chi connectivity index (χ0n) is 9.21. The summed E-state index contributed by atoms with van der Waals surface area (Å²) in [6, 6.07) is 0. The van der Waals surface area contributed by atoms with Crippen LogP contribution in [-0.4, -0.2) is 26.3 Å². The monoisotopic (exact) mass is 238 g/mol. The smallest absolute Gasteiger partial charge is 0.244 e. The van der Waals surface area contributed by atoms with E-state index in [1.807, 2.05) is 5.38 Å². The number of hydrogen-bond donors (Lipinski definition) is 2. The summed E-state index contributed by atoms with van der Waals surface area (Å²) in [7, 11) is 0. The number of hydrogen-bond acceptors (Lipinski definition) is 6. The minimum absolute atomic E-state index is 0.348. The van der Waals surface area contributed by atoms with Gasteiger partial charge >= 0.3 is 0 Å². The van der Waals surface area contributed by atoms with Gasteiger partial charge in [-0.1, -0.05) is 13.8 Å². The Labute approximate surface area is 97.5 Å². The maximum atomic E-state index is 5.75. The molecular formula is C9H14N6S. The zero-order valence-corrected chi connectivity index (χ0v) is 10.0. The van der Waals surface area contributed by atoms with Gasteiger partial charge in [-0.05, 0) is 5.92 Å². The van der Waals surface area contributed by atoms with Crippen LogP contribution in [0.25, 0.3) is 5.13 Å². The number of aromatic nitrogens is 4. The molecule has 2 aromatic heterocycles. The van der Waals surface area contributed by atoms with E-state index in [2.05, 4.69) is 34.2 Å². The van der Waals surface area contributed by atoms with E-state index < -0.39 is 0 Å². The molecule has 3 N–H and O–H groups in total. The van der Waals surface area contributed by atoms with Gasteiger partial charge in [0.05, 0.1) is 0 Å². The average molecular weight is 238 g/mol. The molecule has 0 bridgehead atoms. The lowest BCUT2D eigenvalue weighted by Gasteiger charge is -2.03. The van der Waals surface area contributed by atoms with Crippen LogP contribution in [0.1, 0.15) is 13.8 Å². The molecule has 0 amide bonds. The van der Waals surface area contributed by atoms with Gasteiger partial charge < -0.3 is 11.1 Å². The van der Waals surface area contributed by atoms with Gasteiger partial charge in [-0.25, -0.2) is 4.98 Å². The molecule has 0 radical (unpaired) electrons. The first-order valence-corrected chi connectivity index (χ1v) is 5.91. The molecule has 0 unspecified atom stereocenters. The number of rotatable bonds is 4. The van der Waals surface area contributed by atoms with Gasteiger partial charge in [0.1, 0.15) is 0 Å². The Morgan fingerprint density at radius 2 is 2.38 bits per heavy atom. The zero-order chi connectivity index (χ0) is 11.5. The van der Waals surface area contributed by atoms with Crippen LogP contribution in [-0.2, 0) is 0 Å². The molecule has 0 fully saturated rings. The molecule has 86 valence electrons. The third kappa shape index (κ3) is 2.30. The Morgan fingerprint density at radius 1 is 1.56 bits per heavy atom. The first-order valence-electron chi connectivity index (χ1n) is 5.03. The minimum Gasteiger partial charge on any atom is -0.368 e. The van der Waals surface area contributed by atoms with Crippen molar-refractivity contribution in [3.8, 4) is 5.13 Å². The highest BCUT2D eigenvalue weighted by atomic mass is 32.1. The molecule has 2 rings (SSSR count). The van der Waals surface area contributed by atoms with E-state index in [-0.39, 0.29) is 0 Å². The van der Waals surface area contributed by atoms with Crippen LogP contribution < -0.4 is 11.1 Å². The highest BCUT2D eigenvalue weighted by Crippen LogP contribution is 2.15. The highest BCUT2D eigenvalue weighted by Gasteiger charge is 2.10. The Bertz CT molecular complexity index is 447. The van der Waals surface area contributed by atoms with Crippen LogP contribution in [0.5, 0.6) is 0 Å². The topological polar surface area (TPSA) is 81.6 Å². The fraction of sp³-hybridized carbons (Fsp3) is 0.444. The number of anilines is 2. The second kappa shape index (κ2) is 4.48. The summed E-state index contributed by atoms with van der Waals surface area (Å²) >= 11 is 1.47. The molecule has 0 aliphatic rings.